The van der Waals surface area contributed by atoms with E-state index >= 15 is 0 Å². The van der Waals surface area contributed by atoms with E-state index in [1.165, 1.54) is 13.8 Å². The molecule has 0 heterocycles. The Balaban J connectivity index is 2.63. The summed E-state index contributed by atoms with van der Waals surface area (Å²) in [6, 6.07) is 8.54. The second-order valence-electron chi connectivity index (χ2n) is 5.60. The highest BCUT2D eigenvalue weighted by atomic mass is 16.5. The van der Waals surface area contributed by atoms with Crippen molar-refractivity contribution in [3.8, 4) is 12.3 Å². The minimum Gasteiger partial charge on any atom is -0.454 e. The third-order valence-corrected chi connectivity index (χ3v) is 4.14. The Bertz CT molecular complexity index is 740. The first-order chi connectivity index (χ1) is 11.4. The maximum Gasteiger partial charge on any atom is 0.326 e. The van der Waals surface area contributed by atoms with Crippen LogP contribution in [-0.4, -0.2) is 23.6 Å². The molecule has 0 saturated carbocycles. The van der Waals surface area contributed by atoms with Crippen LogP contribution in [0.5, 0.6) is 0 Å². The lowest BCUT2D eigenvalue weighted by atomic mass is 9.67. The van der Waals surface area contributed by atoms with E-state index in [1.807, 2.05) is 0 Å². The summed E-state index contributed by atoms with van der Waals surface area (Å²) in [5.74, 6) is -0.328. The number of carbonyl (C=O) groups excluding carboxylic acids is 3. The summed E-state index contributed by atoms with van der Waals surface area (Å²) in [6.07, 6.45) is 11.3. The van der Waals surface area contributed by atoms with Crippen LogP contribution in [0.2, 0.25) is 0 Å². The van der Waals surface area contributed by atoms with Crippen LogP contribution in [0.25, 0.3) is 0 Å². The molecule has 122 valence electrons. The zero-order valence-electron chi connectivity index (χ0n) is 13.6. The number of ketones is 2. The van der Waals surface area contributed by atoms with Gasteiger partial charge in [-0.15, -0.1) is 6.42 Å². The molecule has 0 aromatic heterocycles. The normalized spacial score (nSPS) is 16.9. The number of hydrogen-bond acceptors (Lipinski definition) is 4. The van der Waals surface area contributed by atoms with Crippen molar-refractivity contribution in [2.24, 2.45) is 5.92 Å². The van der Waals surface area contributed by atoms with Gasteiger partial charge in [-0.3, -0.25) is 14.4 Å². The van der Waals surface area contributed by atoms with E-state index in [9.17, 15) is 14.4 Å². The molecule has 4 nitrogen and oxygen atoms in total. The van der Waals surface area contributed by atoms with Crippen molar-refractivity contribution >= 4 is 17.5 Å². The lowest BCUT2D eigenvalue weighted by molar-refractivity contribution is -0.162. The Kier molecular flexibility index (Phi) is 5.15. The number of terminal acetylenes is 1. The third-order valence-electron chi connectivity index (χ3n) is 4.14. The molecule has 2 atom stereocenters. The van der Waals surface area contributed by atoms with E-state index in [0.717, 1.165) is 0 Å². The standard InChI is InChI=1S/C20H18O4/c1-4-18(22)20(17-12-8-9-13-17,16-10-6-5-7-11-16)19(23)24-15(3)14(2)21/h1,5-13,15,17H,2-3H3. The maximum absolute atomic E-state index is 13.0. The van der Waals surface area contributed by atoms with Crippen molar-refractivity contribution in [1.29, 1.82) is 0 Å². The van der Waals surface area contributed by atoms with Crippen LogP contribution < -0.4 is 0 Å². The largest absolute Gasteiger partial charge is 0.454 e. The van der Waals surface area contributed by atoms with Crippen LogP contribution in [0.15, 0.2) is 54.6 Å². The average Bonchev–Trinajstić information content (AvgIpc) is 3.10. The zero-order chi connectivity index (χ0) is 17.7. The molecule has 0 aliphatic heterocycles. The highest BCUT2D eigenvalue weighted by Crippen LogP contribution is 2.39. The minimum atomic E-state index is -1.71. The molecule has 24 heavy (non-hydrogen) atoms. The van der Waals surface area contributed by atoms with Crippen LogP contribution in [-0.2, 0) is 24.5 Å². The van der Waals surface area contributed by atoms with Crippen LogP contribution in [0.4, 0.5) is 0 Å². The summed E-state index contributed by atoms with van der Waals surface area (Å²) < 4.78 is 5.29. The molecule has 0 bridgehead atoms. The maximum atomic E-state index is 13.0. The summed E-state index contributed by atoms with van der Waals surface area (Å²) in [7, 11) is 0. The first kappa shape index (κ1) is 17.4. The topological polar surface area (TPSA) is 60.4 Å². The molecule has 0 N–H and O–H groups in total. The van der Waals surface area contributed by atoms with Gasteiger partial charge in [0.05, 0.1) is 0 Å². The van der Waals surface area contributed by atoms with Gasteiger partial charge in [-0.1, -0.05) is 54.6 Å². The molecule has 2 unspecified atom stereocenters. The smallest absolute Gasteiger partial charge is 0.326 e. The fraction of sp³-hybridized carbons (Fsp3) is 0.250. The van der Waals surface area contributed by atoms with Crippen molar-refractivity contribution in [2.75, 3.05) is 0 Å². The fourth-order valence-corrected chi connectivity index (χ4v) is 2.69. The van der Waals surface area contributed by atoms with Gasteiger partial charge >= 0.3 is 5.97 Å². The predicted molar refractivity (Wildman–Crippen MR) is 90.0 cm³/mol. The molecule has 4 heteroatoms. The van der Waals surface area contributed by atoms with Crippen LogP contribution in [0.3, 0.4) is 0 Å². The Labute approximate surface area is 141 Å². The van der Waals surface area contributed by atoms with Crippen molar-refractivity contribution in [3.05, 3.63) is 60.2 Å². The minimum absolute atomic E-state index is 0.309. The van der Waals surface area contributed by atoms with E-state index < -0.39 is 29.2 Å². The summed E-state index contributed by atoms with van der Waals surface area (Å²) in [4.78, 5) is 37.2. The van der Waals surface area contributed by atoms with Gasteiger partial charge in [0.15, 0.2) is 17.3 Å². The molecule has 1 aliphatic carbocycles. The second kappa shape index (κ2) is 7.10. The van der Waals surface area contributed by atoms with Crippen LogP contribution in [0, 0.1) is 18.3 Å². The molecular weight excluding hydrogens is 304 g/mol. The van der Waals surface area contributed by atoms with Gasteiger partial charge < -0.3 is 4.74 Å². The average molecular weight is 322 g/mol. The van der Waals surface area contributed by atoms with Crippen molar-refractivity contribution in [3.63, 3.8) is 0 Å². The predicted octanol–water partition coefficient (Wildman–Crippen LogP) is 2.39. The summed E-state index contributed by atoms with van der Waals surface area (Å²) in [5.41, 5.74) is -1.27. The van der Waals surface area contributed by atoms with Gasteiger partial charge in [-0.25, -0.2) is 0 Å². The lowest BCUT2D eigenvalue weighted by Crippen LogP contribution is -2.50. The molecule has 1 aliphatic rings. The first-order valence-corrected chi connectivity index (χ1v) is 7.57. The lowest BCUT2D eigenvalue weighted by Gasteiger charge is -2.33. The van der Waals surface area contributed by atoms with Gasteiger partial charge in [0, 0.05) is 5.92 Å². The number of rotatable bonds is 6. The molecule has 1 aromatic carbocycles. The number of benzene rings is 1. The fourth-order valence-electron chi connectivity index (χ4n) is 2.69. The molecule has 0 saturated heterocycles. The summed E-state index contributed by atoms with van der Waals surface area (Å²) >= 11 is 0. The number of Topliss-reactive ketones (excluding diaryl/α,β-unsaturated/α-hetero) is 2. The van der Waals surface area contributed by atoms with Gasteiger partial charge in [-0.2, -0.15) is 0 Å². The number of ether oxygens (including phenoxy) is 1. The van der Waals surface area contributed by atoms with E-state index in [0.29, 0.717) is 5.56 Å². The highest BCUT2D eigenvalue weighted by molar-refractivity contribution is 6.18. The van der Waals surface area contributed by atoms with Gasteiger partial charge in [0.25, 0.3) is 0 Å². The Morgan fingerprint density at radius 3 is 2.25 bits per heavy atom. The van der Waals surface area contributed by atoms with Crippen LogP contribution >= 0.6 is 0 Å². The molecular formula is C20H18O4. The quantitative estimate of drug-likeness (QED) is 0.349. The number of allylic oxidation sites excluding steroid dienone is 4. The second-order valence-corrected chi connectivity index (χ2v) is 5.60. The molecule has 1 aromatic rings. The van der Waals surface area contributed by atoms with E-state index in [-0.39, 0.29) is 5.78 Å². The summed E-state index contributed by atoms with van der Waals surface area (Å²) in [6.45, 7) is 2.79. The van der Waals surface area contributed by atoms with Crippen LogP contribution in [0.1, 0.15) is 19.4 Å². The van der Waals surface area contributed by atoms with E-state index in [4.69, 9.17) is 11.2 Å². The number of hydrogen-bond donors (Lipinski definition) is 0. The Morgan fingerprint density at radius 1 is 1.17 bits per heavy atom. The molecule has 0 radical (unpaired) electrons. The molecule has 2 rings (SSSR count). The molecule has 0 amide bonds. The van der Waals surface area contributed by atoms with E-state index in [2.05, 4.69) is 5.92 Å². The van der Waals surface area contributed by atoms with Gasteiger partial charge in [0.1, 0.15) is 0 Å². The number of esters is 1. The highest BCUT2D eigenvalue weighted by Gasteiger charge is 2.53. The van der Waals surface area contributed by atoms with E-state index in [1.54, 1.807) is 54.6 Å². The third kappa shape index (κ3) is 2.93. The van der Waals surface area contributed by atoms with Gasteiger partial charge in [-0.05, 0) is 25.3 Å². The van der Waals surface area contributed by atoms with Crippen molar-refractivity contribution in [2.45, 2.75) is 25.4 Å². The summed E-state index contributed by atoms with van der Waals surface area (Å²) in [5, 5.41) is 0. The van der Waals surface area contributed by atoms with Crippen molar-refractivity contribution in [1.82, 2.24) is 0 Å². The first-order valence-electron chi connectivity index (χ1n) is 7.57. The number of carbonyl (C=O) groups is 3. The van der Waals surface area contributed by atoms with Crippen molar-refractivity contribution < 1.29 is 19.1 Å². The molecule has 0 fully saturated rings. The SMILES string of the molecule is C#CC(=O)C(C(=O)OC(C)C(C)=O)(c1ccccc1)C1C=CC=C1. The molecule has 0 spiro atoms. The Hall–Kier alpha value is -2.93. The monoisotopic (exact) mass is 322 g/mol. The Morgan fingerprint density at radius 2 is 1.75 bits per heavy atom. The zero-order valence-corrected chi connectivity index (χ0v) is 13.6. The van der Waals surface area contributed by atoms with Gasteiger partial charge in [0.2, 0.25) is 5.78 Å².